The molecular formula is C24H24N2O5S. The molecule has 3 aromatic carbocycles. The Balaban J connectivity index is 1.38. The van der Waals surface area contributed by atoms with Gasteiger partial charge in [-0.1, -0.05) is 37.3 Å². The van der Waals surface area contributed by atoms with Gasteiger partial charge in [0, 0.05) is 23.9 Å². The molecule has 4 rings (SSSR count). The van der Waals surface area contributed by atoms with Crippen molar-refractivity contribution < 1.29 is 22.7 Å². The average molecular weight is 453 g/mol. The van der Waals surface area contributed by atoms with Crippen LogP contribution in [0.4, 0.5) is 5.69 Å². The predicted molar refractivity (Wildman–Crippen MR) is 122 cm³/mol. The number of carbonyl (C=O) groups excluding carboxylic acids is 1. The first-order valence-corrected chi connectivity index (χ1v) is 11.8. The highest BCUT2D eigenvalue weighted by atomic mass is 32.2. The van der Waals surface area contributed by atoms with E-state index in [1.54, 1.807) is 30.3 Å². The number of sulfonamides is 1. The van der Waals surface area contributed by atoms with Crippen molar-refractivity contribution in [1.82, 2.24) is 5.32 Å². The quantitative estimate of drug-likeness (QED) is 0.569. The van der Waals surface area contributed by atoms with Gasteiger partial charge in [0.2, 0.25) is 0 Å². The van der Waals surface area contributed by atoms with Gasteiger partial charge in [-0.25, -0.2) is 8.42 Å². The van der Waals surface area contributed by atoms with Crippen LogP contribution >= 0.6 is 0 Å². The van der Waals surface area contributed by atoms with Crippen LogP contribution in [0.1, 0.15) is 28.8 Å². The zero-order chi connectivity index (χ0) is 22.6. The number of benzene rings is 3. The van der Waals surface area contributed by atoms with E-state index in [0.29, 0.717) is 42.5 Å². The maximum absolute atomic E-state index is 12.7. The lowest BCUT2D eigenvalue weighted by Crippen LogP contribution is -2.27. The van der Waals surface area contributed by atoms with Gasteiger partial charge in [-0.2, -0.15) is 0 Å². The Morgan fingerprint density at radius 1 is 0.938 bits per heavy atom. The Kier molecular flexibility index (Phi) is 6.32. The summed E-state index contributed by atoms with van der Waals surface area (Å²) in [7, 11) is -3.82. The molecule has 1 aliphatic rings. The van der Waals surface area contributed by atoms with Gasteiger partial charge in [0.15, 0.2) is 11.5 Å². The molecule has 0 saturated heterocycles. The largest absolute Gasteiger partial charge is 0.486 e. The molecule has 7 nitrogen and oxygen atoms in total. The number of amides is 1. The minimum atomic E-state index is -3.82. The van der Waals surface area contributed by atoms with E-state index in [1.807, 2.05) is 37.3 Å². The number of nitrogens with one attached hydrogen (secondary N) is 2. The molecule has 32 heavy (non-hydrogen) atoms. The summed E-state index contributed by atoms with van der Waals surface area (Å²) in [4.78, 5) is 12.5. The molecule has 0 bridgehead atoms. The standard InChI is InChI=1S/C24H24N2O5S/c1-17(18-5-3-2-4-6-18)16-25-24(27)19-7-9-20(10-8-19)26-32(28,29)21-11-12-22-23(15-21)31-14-13-30-22/h2-12,15,17,26H,13-14,16H2,1H3,(H,25,27). The second-order valence-electron chi connectivity index (χ2n) is 7.51. The predicted octanol–water partition coefficient (Wildman–Crippen LogP) is 3.79. The minimum absolute atomic E-state index is 0.0680. The molecule has 2 N–H and O–H groups in total. The Labute approximate surface area is 187 Å². The summed E-state index contributed by atoms with van der Waals surface area (Å²) < 4.78 is 38.9. The maximum atomic E-state index is 12.7. The van der Waals surface area contributed by atoms with Gasteiger partial charge in [0.25, 0.3) is 15.9 Å². The molecule has 1 atom stereocenters. The first-order valence-electron chi connectivity index (χ1n) is 10.3. The first-order chi connectivity index (χ1) is 15.4. The van der Waals surface area contributed by atoms with Crippen LogP contribution in [0.25, 0.3) is 0 Å². The summed E-state index contributed by atoms with van der Waals surface area (Å²) in [5, 5.41) is 2.92. The minimum Gasteiger partial charge on any atom is -0.486 e. The molecule has 0 spiro atoms. The smallest absolute Gasteiger partial charge is 0.262 e. The monoisotopic (exact) mass is 452 g/mol. The summed E-state index contributed by atoms with van der Waals surface area (Å²) in [6.45, 7) is 3.35. The molecule has 8 heteroatoms. The Morgan fingerprint density at radius 3 is 2.34 bits per heavy atom. The highest BCUT2D eigenvalue weighted by Gasteiger charge is 2.20. The Bertz CT molecular complexity index is 1190. The van der Waals surface area contributed by atoms with Crippen molar-refractivity contribution in [3.05, 3.63) is 83.9 Å². The molecular weight excluding hydrogens is 428 g/mol. The molecule has 0 aromatic heterocycles. The molecule has 1 heterocycles. The molecule has 1 amide bonds. The van der Waals surface area contributed by atoms with Crippen molar-refractivity contribution in [2.24, 2.45) is 0 Å². The Morgan fingerprint density at radius 2 is 1.62 bits per heavy atom. The lowest BCUT2D eigenvalue weighted by Gasteiger charge is -2.19. The number of rotatable bonds is 7. The lowest BCUT2D eigenvalue weighted by molar-refractivity contribution is 0.0951. The van der Waals surface area contributed by atoms with Crippen LogP contribution in [-0.4, -0.2) is 34.1 Å². The van der Waals surface area contributed by atoms with Gasteiger partial charge >= 0.3 is 0 Å². The molecule has 3 aromatic rings. The van der Waals surface area contributed by atoms with Crippen molar-refractivity contribution >= 4 is 21.6 Å². The van der Waals surface area contributed by atoms with Gasteiger partial charge in [-0.15, -0.1) is 0 Å². The van der Waals surface area contributed by atoms with Gasteiger partial charge in [-0.3, -0.25) is 9.52 Å². The molecule has 0 saturated carbocycles. The van der Waals surface area contributed by atoms with Crippen LogP contribution in [-0.2, 0) is 10.0 Å². The summed E-state index contributed by atoms with van der Waals surface area (Å²) in [5.41, 5.74) is 1.96. The topological polar surface area (TPSA) is 93.7 Å². The summed E-state index contributed by atoms with van der Waals surface area (Å²) >= 11 is 0. The fraction of sp³-hybridized carbons (Fsp3) is 0.208. The van der Waals surface area contributed by atoms with Crippen molar-refractivity contribution in [3.63, 3.8) is 0 Å². The van der Waals surface area contributed by atoms with E-state index in [1.165, 1.54) is 12.1 Å². The zero-order valence-electron chi connectivity index (χ0n) is 17.6. The van der Waals surface area contributed by atoms with E-state index in [9.17, 15) is 13.2 Å². The number of hydrogen-bond donors (Lipinski definition) is 2. The van der Waals surface area contributed by atoms with Crippen LogP contribution in [0.15, 0.2) is 77.7 Å². The van der Waals surface area contributed by atoms with Crippen LogP contribution in [0.3, 0.4) is 0 Å². The highest BCUT2D eigenvalue weighted by Crippen LogP contribution is 2.32. The number of carbonyl (C=O) groups is 1. The maximum Gasteiger partial charge on any atom is 0.262 e. The van der Waals surface area contributed by atoms with Crippen LogP contribution in [0, 0.1) is 0 Å². The van der Waals surface area contributed by atoms with Gasteiger partial charge in [-0.05, 0) is 47.9 Å². The van der Waals surface area contributed by atoms with Crippen molar-refractivity contribution in [2.75, 3.05) is 24.5 Å². The van der Waals surface area contributed by atoms with Gasteiger partial charge in [0.05, 0.1) is 4.90 Å². The van der Waals surface area contributed by atoms with Gasteiger partial charge in [0.1, 0.15) is 13.2 Å². The van der Waals surface area contributed by atoms with Crippen molar-refractivity contribution in [2.45, 2.75) is 17.7 Å². The second kappa shape index (κ2) is 9.32. The fourth-order valence-electron chi connectivity index (χ4n) is 3.34. The van der Waals surface area contributed by atoms with Crippen molar-refractivity contribution in [3.8, 4) is 11.5 Å². The molecule has 1 unspecified atom stereocenters. The zero-order valence-corrected chi connectivity index (χ0v) is 18.4. The third-order valence-electron chi connectivity index (χ3n) is 5.16. The van der Waals surface area contributed by atoms with E-state index in [4.69, 9.17) is 9.47 Å². The third-order valence-corrected chi connectivity index (χ3v) is 6.54. The van der Waals surface area contributed by atoms with E-state index >= 15 is 0 Å². The fourth-order valence-corrected chi connectivity index (χ4v) is 4.42. The normalized spacial score (nSPS) is 13.8. The van der Waals surface area contributed by atoms with Crippen LogP contribution in [0.5, 0.6) is 11.5 Å². The number of hydrogen-bond acceptors (Lipinski definition) is 5. The molecule has 0 radical (unpaired) electrons. The lowest BCUT2D eigenvalue weighted by atomic mass is 10.0. The molecule has 166 valence electrons. The number of fused-ring (bicyclic) bond motifs is 1. The molecule has 0 fully saturated rings. The van der Waals surface area contributed by atoms with E-state index in [2.05, 4.69) is 10.0 Å². The molecule has 0 aliphatic carbocycles. The average Bonchev–Trinajstić information content (AvgIpc) is 2.82. The van der Waals surface area contributed by atoms with Gasteiger partial charge < -0.3 is 14.8 Å². The summed E-state index contributed by atoms with van der Waals surface area (Å²) in [5.74, 6) is 0.884. The number of ether oxygens (including phenoxy) is 2. The summed E-state index contributed by atoms with van der Waals surface area (Å²) in [6, 6.07) is 20.7. The second-order valence-corrected chi connectivity index (χ2v) is 9.19. The number of anilines is 1. The third kappa shape index (κ3) is 5.03. The first kappa shape index (κ1) is 21.7. The summed E-state index contributed by atoms with van der Waals surface area (Å²) in [6.07, 6.45) is 0. The van der Waals surface area contributed by atoms with Crippen LogP contribution < -0.4 is 19.5 Å². The van der Waals surface area contributed by atoms with E-state index in [0.717, 1.165) is 5.56 Å². The van der Waals surface area contributed by atoms with E-state index < -0.39 is 10.0 Å². The van der Waals surface area contributed by atoms with Crippen molar-refractivity contribution in [1.29, 1.82) is 0 Å². The van der Waals surface area contributed by atoms with Crippen LogP contribution in [0.2, 0.25) is 0 Å². The van der Waals surface area contributed by atoms with E-state index in [-0.39, 0.29) is 16.7 Å². The molecule has 1 aliphatic heterocycles. The highest BCUT2D eigenvalue weighted by molar-refractivity contribution is 7.92. The SMILES string of the molecule is CC(CNC(=O)c1ccc(NS(=O)(=O)c2ccc3c(c2)OCCO3)cc1)c1ccccc1. The Hall–Kier alpha value is -3.52.